The molecule has 0 aromatic heterocycles. The first-order chi connectivity index (χ1) is 14.6. The molecule has 1 aliphatic carbocycles. The van der Waals surface area contributed by atoms with E-state index in [2.05, 4.69) is 10.6 Å². The summed E-state index contributed by atoms with van der Waals surface area (Å²) in [6.07, 6.45) is 2.27. The maximum absolute atomic E-state index is 12.6. The van der Waals surface area contributed by atoms with Crippen LogP contribution in [0.15, 0.2) is 47.4 Å². The highest BCUT2D eigenvalue weighted by Gasteiger charge is 2.30. The zero-order valence-electron chi connectivity index (χ0n) is 17.7. The van der Waals surface area contributed by atoms with E-state index in [4.69, 9.17) is 5.14 Å². The summed E-state index contributed by atoms with van der Waals surface area (Å²) in [6.45, 7) is 4.63. The van der Waals surface area contributed by atoms with Gasteiger partial charge in [0.25, 0.3) is 0 Å². The highest BCUT2D eigenvalue weighted by Crippen LogP contribution is 2.27. The van der Waals surface area contributed by atoms with Crippen LogP contribution in [0, 0.1) is 13.8 Å². The lowest BCUT2D eigenvalue weighted by atomic mass is 10.1. The topological polar surface area (TPSA) is 122 Å². The summed E-state index contributed by atoms with van der Waals surface area (Å²) < 4.78 is 22.6. The fraction of sp³-hybridized carbons (Fsp3) is 0.364. The van der Waals surface area contributed by atoms with Gasteiger partial charge in [-0.1, -0.05) is 12.1 Å². The summed E-state index contributed by atoms with van der Waals surface area (Å²) in [5.41, 5.74) is 3.38. The largest absolute Gasteiger partial charge is 0.326 e. The van der Waals surface area contributed by atoms with Crippen molar-refractivity contribution in [3.8, 4) is 0 Å². The lowest BCUT2D eigenvalue weighted by molar-refractivity contribution is -0.119. The average molecular weight is 445 g/mol. The Hall–Kier alpha value is -2.75. The van der Waals surface area contributed by atoms with Crippen molar-refractivity contribution in [3.63, 3.8) is 0 Å². The standard InChI is InChI=1S/C22H28N4O4S/c1-15-3-4-16(2)20(13-15)25-22(28)14-26(18-7-8-18)12-11-21(27)24-17-5-9-19(10-6-17)31(23,29)30/h3-6,9-10,13,18H,7-8,11-12,14H2,1-2H3,(H,24,27)(H,25,28)(H2,23,29,30). The van der Waals surface area contributed by atoms with Crippen LogP contribution in [0.1, 0.15) is 30.4 Å². The van der Waals surface area contributed by atoms with E-state index in [0.717, 1.165) is 29.7 Å². The first kappa shape index (κ1) is 22.9. The lowest BCUT2D eigenvalue weighted by Crippen LogP contribution is -2.37. The summed E-state index contributed by atoms with van der Waals surface area (Å²) in [6, 6.07) is 11.9. The van der Waals surface area contributed by atoms with Gasteiger partial charge in [-0.15, -0.1) is 0 Å². The monoisotopic (exact) mass is 444 g/mol. The third-order valence-corrected chi connectivity index (χ3v) is 6.10. The van der Waals surface area contributed by atoms with Gasteiger partial charge in [0, 0.05) is 30.4 Å². The highest BCUT2D eigenvalue weighted by molar-refractivity contribution is 7.89. The van der Waals surface area contributed by atoms with Gasteiger partial charge in [0.2, 0.25) is 21.8 Å². The number of anilines is 2. The van der Waals surface area contributed by atoms with Crippen LogP contribution in [-0.4, -0.2) is 44.3 Å². The molecule has 0 unspecified atom stereocenters. The molecule has 166 valence electrons. The number of hydrogen-bond donors (Lipinski definition) is 3. The number of carbonyl (C=O) groups is 2. The zero-order chi connectivity index (χ0) is 22.6. The van der Waals surface area contributed by atoms with Gasteiger partial charge in [-0.25, -0.2) is 13.6 Å². The minimum Gasteiger partial charge on any atom is -0.326 e. The fourth-order valence-corrected chi connectivity index (χ4v) is 3.79. The van der Waals surface area contributed by atoms with Crippen LogP contribution in [0.2, 0.25) is 0 Å². The normalized spacial score (nSPS) is 13.8. The summed E-state index contributed by atoms with van der Waals surface area (Å²) >= 11 is 0. The van der Waals surface area contributed by atoms with Crippen LogP contribution in [0.4, 0.5) is 11.4 Å². The Bertz CT molecular complexity index is 1060. The molecule has 0 aliphatic heterocycles. The Labute approximate surface area is 182 Å². The molecule has 1 fully saturated rings. The Morgan fingerprint density at radius 3 is 2.32 bits per heavy atom. The fourth-order valence-electron chi connectivity index (χ4n) is 3.27. The van der Waals surface area contributed by atoms with Crippen LogP contribution < -0.4 is 15.8 Å². The van der Waals surface area contributed by atoms with Crippen molar-refractivity contribution in [2.24, 2.45) is 5.14 Å². The molecule has 0 spiro atoms. The molecule has 8 nitrogen and oxygen atoms in total. The molecule has 3 rings (SSSR count). The number of nitrogens with one attached hydrogen (secondary N) is 2. The Kier molecular flexibility index (Phi) is 7.09. The average Bonchev–Trinajstić information content (AvgIpc) is 3.53. The Morgan fingerprint density at radius 1 is 1.03 bits per heavy atom. The highest BCUT2D eigenvalue weighted by atomic mass is 32.2. The summed E-state index contributed by atoms with van der Waals surface area (Å²) in [5, 5.41) is 10.8. The third-order valence-electron chi connectivity index (χ3n) is 5.17. The number of primary sulfonamides is 1. The predicted octanol–water partition coefficient (Wildman–Crippen LogP) is 2.38. The van der Waals surface area contributed by atoms with E-state index in [1.54, 1.807) is 0 Å². The molecule has 0 atom stereocenters. The van der Waals surface area contributed by atoms with Crippen LogP contribution in [-0.2, 0) is 19.6 Å². The molecule has 31 heavy (non-hydrogen) atoms. The van der Waals surface area contributed by atoms with Crippen LogP contribution in [0.25, 0.3) is 0 Å². The molecule has 2 aromatic rings. The van der Waals surface area contributed by atoms with E-state index in [0.29, 0.717) is 18.3 Å². The number of benzene rings is 2. The van der Waals surface area contributed by atoms with Crippen LogP contribution in [0.5, 0.6) is 0 Å². The molecule has 0 heterocycles. The molecular formula is C22H28N4O4S. The van der Waals surface area contributed by atoms with Gasteiger partial charge in [0.15, 0.2) is 0 Å². The van der Waals surface area contributed by atoms with Crippen molar-refractivity contribution >= 4 is 33.2 Å². The van der Waals surface area contributed by atoms with Gasteiger partial charge >= 0.3 is 0 Å². The molecule has 1 saturated carbocycles. The quantitative estimate of drug-likeness (QED) is 0.548. The summed E-state index contributed by atoms with van der Waals surface area (Å²) in [7, 11) is -3.77. The van der Waals surface area contributed by atoms with E-state index in [1.807, 2.05) is 36.9 Å². The van der Waals surface area contributed by atoms with Crippen molar-refractivity contribution in [2.75, 3.05) is 23.7 Å². The molecule has 0 bridgehead atoms. The van der Waals surface area contributed by atoms with Gasteiger partial charge in [-0.2, -0.15) is 0 Å². The minimum atomic E-state index is -3.77. The molecule has 1 aliphatic rings. The first-order valence-corrected chi connectivity index (χ1v) is 11.7. The molecule has 0 saturated heterocycles. The lowest BCUT2D eigenvalue weighted by Gasteiger charge is -2.21. The molecule has 2 aromatic carbocycles. The Morgan fingerprint density at radius 2 is 1.71 bits per heavy atom. The number of amides is 2. The molecule has 4 N–H and O–H groups in total. The minimum absolute atomic E-state index is 0.0136. The van der Waals surface area contributed by atoms with E-state index < -0.39 is 10.0 Å². The second-order valence-electron chi connectivity index (χ2n) is 7.94. The van der Waals surface area contributed by atoms with Crippen molar-refractivity contribution in [2.45, 2.75) is 44.0 Å². The van der Waals surface area contributed by atoms with Crippen LogP contribution >= 0.6 is 0 Å². The number of aryl methyl sites for hydroxylation is 2. The third kappa shape index (κ3) is 6.88. The second-order valence-corrected chi connectivity index (χ2v) is 9.50. The van der Waals surface area contributed by atoms with Crippen molar-refractivity contribution < 1.29 is 18.0 Å². The molecule has 2 amide bonds. The van der Waals surface area contributed by atoms with E-state index in [-0.39, 0.29) is 29.7 Å². The number of rotatable bonds is 9. The molecular weight excluding hydrogens is 416 g/mol. The number of carbonyl (C=O) groups excluding carboxylic acids is 2. The van der Waals surface area contributed by atoms with Crippen molar-refractivity contribution in [1.82, 2.24) is 4.90 Å². The zero-order valence-corrected chi connectivity index (χ0v) is 18.5. The maximum atomic E-state index is 12.6. The number of hydrogen-bond acceptors (Lipinski definition) is 5. The predicted molar refractivity (Wildman–Crippen MR) is 120 cm³/mol. The van der Waals surface area contributed by atoms with E-state index in [1.165, 1.54) is 24.3 Å². The van der Waals surface area contributed by atoms with Gasteiger partial charge in [-0.3, -0.25) is 14.5 Å². The van der Waals surface area contributed by atoms with Crippen molar-refractivity contribution in [1.29, 1.82) is 0 Å². The SMILES string of the molecule is Cc1ccc(C)c(NC(=O)CN(CCC(=O)Nc2ccc(S(N)(=O)=O)cc2)C2CC2)c1. The van der Waals surface area contributed by atoms with E-state index in [9.17, 15) is 18.0 Å². The number of sulfonamides is 1. The number of nitrogens with zero attached hydrogens (tertiary/aromatic N) is 1. The number of nitrogens with two attached hydrogens (primary N) is 1. The van der Waals surface area contributed by atoms with Gasteiger partial charge in [0.05, 0.1) is 11.4 Å². The molecule has 0 radical (unpaired) electrons. The van der Waals surface area contributed by atoms with Crippen molar-refractivity contribution in [3.05, 3.63) is 53.6 Å². The maximum Gasteiger partial charge on any atom is 0.238 e. The van der Waals surface area contributed by atoms with Gasteiger partial charge < -0.3 is 10.6 Å². The van der Waals surface area contributed by atoms with Gasteiger partial charge in [-0.05, 0) is 68.1 Å². The van der Waals surface area contributed by atoms with Crippen LogP contribution in [0.3, 0.4) is 0 Å². The summed E-state index contributed by atoms with van der Waals surface area (Å²) in [4.78, 5) is 26.9. The molecule has 9 heteroatoms. The van der Waals surface area contributed by atoms with Gasteiger partial charge in [0.1, 0.15) is 0 Å². The second kappa shape index (κ2) is 9.59. The smallest absolute Gasteiger partial charge is 0.238 e. The summed E-state index contributed by atoms with van der Waals surface area (Å²) in [5.74, 6) is -0.302. The Balaban J connectivity index is 1.51. The van der Waals surface area contributed by atoms with E-state index >= 15 is 0 Å². The first-order valence-electron chi connectivity index (χ1n) is 10.2.